The van der Waals surface area contributed by atoms with Crippen molar-refractivity contribution in [3.8, 4) is 0 Å². The summed E-state index contributed by atoms with van der Waals surface area (Å²) in [5.74, 6) is 0.0726. The number of amides is 1. The molecular weight excluding hydrogens is 262 g/mol. The second-order valence-corrected chi connectivity index (χ2v) is 6.09. The molecule has 4 nitrogen and oxygen atoms in total. The summed E-state index contributed by atoms with van der Waals surface area (Å²) in [5, 5.41) is 3.07. The molecule has 1 aromatic carbocycles. The molecule has 3 N–H and O–H groups in total. The fourth-order valence-corrected chi connectivity index (χ4v) is 2.09. The average Bonchev–Trinajstić information content (AvgIpc) is 2.45. The topological polar surface area (TPSA) is 58.4 Å². The number of nitrogens with zero attached hydrogens (tertiary/aromatic N) is 1. The Hall–Kier alpha value is -1.39. The van der Waals surface area contributed by atoms with Gasteiger partial charge in [0.1, 0.15) is 0 Å². The van der Waals surface area contributed by atoms with E-state index in [2.05, 4.69) is 29.3 Å². The van der Waals surface area contributed by atoms with Crippen molar-refractivity contribution in [3.63, 3.8) is 0 Å². The lowest BCUT2D eigenvalue weighted by Gasteiger charge is -2.27. The van der Waals surface area contributed by atoms with Crippen LogP contribution in [0.3, 0.4) is 0 Å². The number of benzene rings is 1. The molecule has 0 aliphatic heterocycles. The first kappa shape index (κ1) is 17.7. The van der Waals surface area contributed by atoms with Gasteiger partial charge in [-0.25, -0.2) is 0 Å². The molecule has 4 heteroatoms. The molecule has 118 valence electrons. The van der Waals surface area contributed by atoms with E-state index in [1.165, 1.54) is 5.56 Å². The Bertz CT molecular complexity index is 417. The van der Waals surface area contributed by atoms with Crippen LogP contribution < -0.4 is 11.1 Å². The first-order valence-corrected chi connectivity index (χ1v) is 7.74. The molecule has 0 bridgehead atoms. The number of rotatable bonds is 9. The lowest BCUT2D eigenvalue weighted by atomic mass is 10.0. The zero-order valence-corrected chi connectivity index (χ0v) is 13.6. The highest BCUT2D eigenvalue weighted by atomic mass is 16.2. The van der Waals surface area contributed by atoms with Gasteiger partial charge in [-0.2, -0.15) is 0 Å². The van der Waals surface area contributed by atoms with Gasteiger partial charge in [0.15, 0.2) is 0 Å². The van der Waals surface area contributed by atoms with Crippen molar-refractivity contribution < 1.29 is 4.79 Å². The smallest absolute Gasteiger partial charge is 0.234 e. The number of nitrogens with one attached hydrogen (secondary N) is 1. The lowest BCUT2D eigenvalue weighted by Crippen LogP contribution is -2.48. The van der Waals surface area contributed by atoms with Crippen LogP contribution in [0.4, 0.5) is 0 Å². The Balaban J connectivity index is 2.47. The van der Waals surface area contributed by atoms with Gasteiger partial charge in [0, 0.05) is 25.2 Å². The standard InChI is InChI=1S/C17H29N3O/c1-4-17(2,3)19-16(21)14-20(13-11-18)12-10-15-8-6-5-7-9-15/h5-9H,4,10-14,18H2,1-3H3,(H,19,21). The van der Waals surface area contributed by atoms with Gasteiger partial charge >= 0.3 is 0 Å². The zero-order valence-electron chi connectivity index (χ0n) is 13.6. The van der Waals surface area contributed by atoms with Gasteiger partial charge < -0.3 is 11.1 Å². The van der Waals surface area contributed by atoms with Crippen molar-refractivity contribution in [3.05, 3.63) is 35.9 Å². The Kier molecular flexibility index (Phi) is 7.40. The highest BCUT2D eigenvalue weighted by molar-refractivity contribution is 5.78. The molecule has 0 fully saturated rings. The lowest BCUT2D eigenvalue weighted by molar-refractivity contribution is -0.123. The fraction of sp³-hybridized carbons (Fsp3) is 0.588. The average molecular weight is 291 g/mol. The minimum atomic E-state index is -0.148. The maximum absolute atomic E-state index is 12.1. The zero-order chi connectivity index (χ0) is 15.7. The van der Waals surface area contributed by atoms with Crippen molar-refractivity contribution >= 4 is 5.91 Å². The van der Waals surface area contributed by atoms with Gasteiger partial charge in [0.2, 0.25) is 5.91 Å². The SMILES string of the molecule is CCC(C)(C)NC(=O)CN(CCN)CCc1ccccc1. The summed E-state index contributed by atoms with van der Waals surface area (Å²) in [6, 6.07) is 10.3. The number of hydrogen-bond donors (Lipinski definition) is 2. The molecule has 0 saturated carbocycles. The number of nitrogens with two attached hydrogens (primary N) is 1. The highest BCUT2D eigenvalue weighted by Crippen LogP contribution is 2.07. The predicted octanol–water partition coefficient (Wildman–Crippen LogP) is 1.79. The van der Waals surface area contributed by atoms with E-state index >= 15 is 0 Å². The molecule has 1 aromatic rings. The summed E-state index contributed by atoms with van der Waals surface area (Å²) < 4.78 is 0. The van der Waals surface area contributed by atoms with E-state index in [1.807, 2.05) is 32.0 Å². The molecule has 0 saturated heterocycles. The molecule has 1 rings (SSSR count). The van der Waals surface area contributed by atoms with Gasteiger partial charge in [-0.1, -0.05) is 37.3 Å². The maximum Gasteiger partial charge on any atom is 0.234 e. The molecule has 21 heavy (non-hydrogen) atoms. The van der Waals surface area contributed by atoms with Crippen LogP contribution in [0.15, 0.2) is 30.3 Å². The Morgan fingerprint density at radius 1 is 1.24 bits per heavy atom. The van der Waals surface area contributed by atoms with Crippen LogP contribution in [0.1, 0.15) is 32.8 Å². The second kappa shape index (κ2) is 8.80. The maximum atomic E-state index is 12.1. The summed E-state index contributed by atoms with van der Waals surface area (Å²) in [6.45, 7) is 8.73. The normalized spacial score (nSPS) is 11.7. The summed E-state index contributed by atoms with van der Waals surface area (Å²) >= 11 is 0. The monoisotopic (exact) mass is 291 g/mol. The van der Waals surface area contributed by atoms with E-state index in [0.717, 1.165) is 25.9 Å². The van der Waals surface area contributed by atoms with Gasteiger partial charge in [0.25, 0.3) is 0 Å². The van der Waals surface area contributed by atoms with E-state index in [4.69, 9.17) is 5.73 Å². The van der Waals surface area contributed by atoms with Crippen LogP contribution in [-0.2, 0) is 11.2 Å². The van der Waals surface area contributed by atoms with Crippen LogP contribution in [0.5, 0.6) is 0 Å². The third kappa shape index (κ3) is 7.25. The van der Waals surface area contributed by atoms with Gasteiger partial charge in [-0.15, -0.1) is 0 Å². The first-order valence-electron chi connectivity index (χ1n) is 7.74. The van der Waals surface area contributed by atoms with Crippen LogP contribution in [0, 0.1) is 0 Å². The van der Waals surface area contributed by atoms with E-state index < -0.39 is 0 Å². The van der Waals surface area contributed by atoms with Gasteiger partial charge in [0.05, 0.1) is 6.54 Å². The molecule has 0 heterocycles. The molecule has 0 aliphatic carbocycles. The van der Waals surface area contributed by atoms with Gasteiger partial charge in [-0.05, 0) is 32.3 Å². The van der Waals surface area contributed by atoms with E-state index in [9.17, 15) is 4.79 Å². The largest absolute Gasteiger partial charge is 0.350 e. The first-order chi connectivity index (χ1) is 9.96. The van der Waals surface area contributed by atoms with E-state index in [0.29, 0.717) is 13.1 Å². The van der Waals surface area contributed by atoms with Crippen LogP contribution >= 0.6 is 0 Å². The Labute approximate surface area is 128 Å². The van der Waals surface area contributed by atoms with Crippen molar-refractivity contribution in [2.24, 2.45) is 5.73 Å². The number of carbonyl (C=O) groups excluding carboxylic acids is 1. The minimum Gasteiger partial charge on any atom is -0.350 e. The summed E-state index contributed by atoms with van der Waals surface area (Å²) in [6.07, 6.45) is 1.85. The summed E-state index contributed by atoms with van der Waals surface area (Å²) in [5.41, 5.74) is 6.79. The van der Waals surface area contributed by atoms with Crippen molar-refractivity contribution in [2.75, 3.05) is 26.2 Å². The van der Waals surface area contributed by atoms with Crippen molar-refractivity contribution in [1.29, 1.82) is 0 Å². The summed E-state index contributed by atoms with van der Waals surface area (Å²) in [7, 11) is 0. The minimum absolute atomic E-state index is 0.0726. The van der Waals surface area contributed by atoms with E-state index in [1.54, 1.807) is 0 Å². The molecule has 1 amide bonds. The molecule has 0 aromatic heterocycles. The number of hydrogen-bond acceptors (Lipinski definition) is 3. The van der Waals surface area contributed by atoms with Crippen LogP contribution in [-0.4, -0.2) is 42.5 Å². The predicted molar refractivity (Wildman–Crippen MR) is 88.2 cm³/mol. The highest BCUT2D eigenvalue weighted by Gasteiger charge is 2.19. The Morgan fingerprint density at radius 2 is 1.90 bits per heavy atom. The van der Waals surface area contributed by atoms with Crippen LogP contribution in [0.2, 0.25) is 0 Å². The van der Waals surface area contributed by atoms with Gasteiger partial charge in [-0.3, -0.25) is 9.69 Å². The molecule has 0 atom stereocenters. The Morgan fingerprint density at radius 3 is 2.48 bits per heavy atom. The van der Waals surface area contributed by atoms with Crippen LogP contribution in [0.25, 0.3) is 0 Å². The molecule has 0 radical (unpaired) electrons. The summed E-state index contributed by atoms with van der Waals surface area (Å²) in [4.78, 5) is 14.2. The third-order valence-corrected chi connectivity index (χ3v) is 3.73. The third-order valence-electron chi connectivity index (χ3n) is 3.73. The fourth-order valence-electron chi connectivity index (χ4n) is 2.09. The molecule has 0 aliphatic rings. The number of carbonyl (C=O) groups is 1. The molecule has 0 spiro atoms. The van der Waals surface area contributed by atoms with Crippen molar-refractivity contribution in [2.45, 2.75) is 39.2 Å². The van der Waals surface area contributed by atoms with Crippen molar-refractivity contribution in [1.82, 2.24) is 10.2 Å². The molecular formula is C17H29N3O. The second-order valence-electron chi connectivity index (χ2n) is 6.09. The van der Waals surface area contributed by atoms with E-state index in [-0.39, 0.29) is 11.4 Å². The molecule has 0 unspecified atom stereocenters. The quantitative estimate of drug-likeness (QED) is 0.729.